The molecule has 98 valence electrons. The van der Waals surface area contributed by atoms with Gasteiger partial charge in [-0.1, -0.05) is 0 Å². The minimum Gasteiger partial charge on any atom is -0.358 e. The molecule has 0 saturated carbocycles. The van der Waals surface area contributed by atoms with Crippen LogP contribution in [0.2, 0.25) is 0 Å². The number of Topliss-reactive ketones (excluding diaryl/α,β-unsaturated/α-hetero) is 1. The molecule has 5 heteroatoms. The van der Waals surface area contributed by atoms with E-state index < -0.39 is 0 Å². The second kappa shape index (κ2) is 5.93. The number of aromatic amines is 1. The monoisotopic (exact) mass is 249 g/mol. The fourth-order valence-corrected chi connectivity index (χ4v) is 2.12. The maximum Gasteiger partial charge on any atom is 0.166 e. The summed E-state index contributed by atoms with van der Waals surface area (Å²) in [5.41, 5.74) is 1.06. The maximum absolute atomic E-state index is 11.9. The van der Waals surface area contributed by atoms with Crippen LogP contribution in [0.25, 0.3) is 0 Å². The summed E-state index contributed by atoms with van der Waals surface area (Å²) >= 11 is 0. The van der Waals surface area contributed by atoms with Gasteiger partial charge in [-0.2, -0.15) is 0 Å². The van der Waals surface area contributed by atoms with Crippen molar-refractivity contribution in [3.05, 3.63) is 23.5 Å². The molecule has 0 spiro atoms. The van der Waals surface area contributed by atoms with E-state index in [-0.39, 0.29) is 5.78 Å². The largest absolute Gasteiger partial charge is 0.358 e. The number of ketones is 1. The lowest BCUT2D eigenvalue weighted by atomic mass is 10.1. The fourth-order valence-electron chi connectivity index (χ4n) is 2.12. The number of carbonyl (C=O) groups excluding carboxylic acids is 2. The van der Waals surface area contributed by atoms with E-state index in [1.807, 2.05) is 0 Å². The van der Waals surface area contributed by atoms with Crippen LogP contribution in [0.5, 0.6) is 0 Å². The van der Waals surface area contributed by atoms with E-state index in [0.29, 0.717) is 17.7 Å². The molecular formula is C13H19N3O2. The molecule has 1 aromatic rings. The van der Waals surface area contributed by atoms with E-state index in [1.54, 1.807) is 12.3 Å². The van der Waals surface area contributed by atoms with Gasteiger partial charge in [-0.3, -0.25) is 9.59 Å². The van der Waals surface area contributed by atoms with Gasteiger partial charge in [-0.25, -0.2) is 0 Å². The van der Waals surface area contributed by atoms with Crippen LogP contribution >= 0.6 is 0 Å². The van der Waals surface area contributed by atoms with Crippen molar-refractivity contribution in [1.82, 2.24) is 14.8 Å². The van der Waals surface area contributed by atoms with Crippen molar-refractivity contribution >= 4 is 12.1 Å². The van der Waals surface area contributed by atoms with Crippen LogP contribution in [0.4, 0.5) is 0 Å². The normalized spacial score (nSPS) is 17.8. The summed E-state index contributed by atoms with van der Waals surface area (Å²) < 4.78 is 0. The van der Waals surface area contributed by atoms with Crippen molar-refractivity contribution in [3.8, 4) is 0 Å². The van der Waals surface area contributed by atoms with Gasteiger partial charge in [0.1, 0.15) is 0 Å². The molecule has 1 aliphatic heterocycles. The zero-order valence-electron chi connectivity index (χ0n) is 10.7. The summed E-state index contributed by atoms with van der Waals surface area (Å²) in [5, 5.41) is 0. The number of nitrogens with one attached hydrogen (secondary N) is 1. The average molecular weight is 249 g/mol. The molecule has 1 aliphatic rings. The highest BCUT2D eigenvalue weighted by molar-refractivity contribution is 5.97. The lowest BCUT2D eigenvalue weighted by Crippen LogP contribution is -2.45. The number of hydrogen-bond acceptors (Lipinski definition) is 4. The van der Waals surface area contributed by atoms with E-state index in [9.17, 15) is 9.59 Å². The molecule has 0 unspecified atom stereocenters. The smallest absolute Gasteiger partial charge is 0.166 e. The summed E-state index contributed by atoms with van der Waals surface area (Å²) in [6.45, 7) is 4.97. The third kappa shape index (κ3) is 3.27. The molecule has 0 amide bonds. The van der Waals surface area contributed by atoms with Gasteiger partial charge < -0.3 is 14.8 Å². The average Bonchev–Trinajstić information content (AvgIpc) is 2.86. The Morgan fingerprint density at radius 3 is 2.72 bits per heavy atom. The van der Waals surface area contributed by atoms with Crippen molar-refractivity contribution < 1.29 is 9.59 Å². The van der Waals surface area contributed by atoms with Gasteiger partial charge in [0, 0.05) is 50.9 Å². The number of aldehydes is 1. The van der Waals surface area contributed by atoms with Gasteiger partial charge in [0.05, 0.1) is 5.69 Å². The third-order valence-electron chi connectivity index (χ3n) is 3.41. The van der Waals surface area contributed by atoms with Crippen LogP contribution < -0.4 is 0 Å². The Morgan fingerprint density at radius 1 is 1.39 bits per heavy atom. The van der Waals surface area contributed by atoms with Gasteiger partial charge in [0.15, 0.2) is 12.1 Å². The summed E-state index contributed by atoms with van der Waals surface area (Å²) in [7, 11) is 2.11. The first kappa shape index (κ1) is 13.0. The first-order chi connectivity index (χ1) is 8.69. The Labute approximate surface area is 107 Å². The van der Waals surface area contributed by atoms with Gasteiger partial charge in [-0.15, -0.1) is 0 Å². The van der Waals surface area contributed by atoms with Crippen molar-refractivity contribution in [2.75, 3.05) is 39.8 Å². The quantitative estimate of drug-likeness (QED) is 0.615. The third-order valence-corrected chi connectivity index (χ3v) is 3.41. The maximum atomic E-state index is 11.9. The number of hydrogen-bond donors (Lipinski definition) is 1. The Kier molecular flexibility index (Phi) is 4.28. The zero-order chi connectivity index (χ0) is 13.0. The molecule has 0 aromatic carbocycles. The first-order valence-corrected chi connectivity index (χ1v) is 6.27. The van der Waals surface area contributed by atoms with Gasteiger partial charge >= 0.3 is 0 Å². The number of H-pyrrole nitrogens is 1. The Bertz CT molecular complexity index is 420. The predicted molar refractivity (Wildman–Crippen MR) is 69.1 cm³/mol. The summed E-state index contributed by atoms with van der Waals surface area (Å²) in [4.78, 5) is 29.8. The number of piperazine rings is 1. The molecular weight excluding hydrogens is 230 g/mol. The van der Waals surface area contributed by atoms with Crippen molar-refractivity contribution in [1.29, 1.82) is 0 Å². The van der Waals surface area contributed by atoms with Gasteiger partial charge in [-0.05, 0) is 13.1 Å². The Hall–Kier alpha value is -1.46. The topological polar surface area (TPSA) is 56.4 Å². The van der Waals surface area contributed by atoms with Crippen molar-refractivity contribution in [2.24, 2.45) is 0 Å². The molecule has 0 radical (unpaired) electrons. The molecule has 5 nitrogen and oxygen atoms in total. The minimum absolute atomic E-state index is 0.0956. The molecule has 2 heterocycles. The van der Waals surface area contributed by atoms with Crippen LogP contribution in [-0.4, -0.2) is 66.6 Å². The lowest BCUT2D eigenvalue weighted by Gasteiger charge is -2.32. The van der Waals surface area contributed by atoms with Gasteiger partial charge in [0.2, 0.25) is 0 Å². The molecule has 0 atom stereocenters. The molecule has 2 rings (SSSR count). The predicted octanol–water partition coefficient (Wildman–Crippen LogP) is 0.647. The van der Waals surface area contributed by atoms with Crippen LogP contribution in [0.15, 0.2) is 12.3 Å². The standard InChI is InChI=1S/C13H19N3O2/c1-15-4-6-16(7-5-15)3-2-13(18)11-8-12(10-17)14-9-11/h8-10,14H,2-7H2,1H3. The fraction of sp³-hybridized carbons (Fsp3) is 0.538. The number of rotatable bonds is 5. The van der Waals surface area contributed by atoms with E-state index in [1.165, 1.54) is 0 Å². The van der Waals surface area contributed by atoms with Gasteiger partial charge in [0.25, 0.3) is 0 Å². The highest BCUT2D eigenvalue weighted by atomic mass is 16.1. The second-order valence-corrected chi connectivity index (χ2v) is 4.78. The molecule has 1 fully saturated rings. The Balaban J connectivity index is 1.79. The molecule has 0 bridgehead atoms. The molecule has 0 aliphatic carbocycles. The Morgan fingerprint density at radius 2 is 2.11 bits per heavy atom. The van der Waals surface area contributed by atoms with Crippen LogP contribution in [0.1, 0.15) is 27.3 Å². The van der Waals surface area contributed by atoms with E-state index in [0.717, 1.165) is 39.0 Å². The van der Waals surface area contributed by atoms with E-state index in [2.05, 4.69) is 21.8 Å². The molecule has 1 saturated heterocycles. The van der Waals surface area contributed by atoms with Crippen molar-refractivity contribution in [2.45, 2.75) is 6.42 Å². The van der Waals surface area contributed by atoms with E-state index >= 15 is 0 Å². The number of likely N-dealkylation sites (N-methyl/N-ethyl adjacent to an activating group) is 1. The highest BCUT2D eigenvalue weighted by Gasteiger charge is 2.15. The van der Waals surface area contributed by atoms with Crippen LogP contribution in [-0.2, 0) is 0 Å². The minimum atomic E-state index is 0.0956. The molecule has 1 N–H and O–H groups in total. The van der Waals surface area contributed by atoms with Crippen molar-refractivity contribution in [3.63, 3.8) is 0 Å². The number of carbonyl (C=O) groups is 2. The van der Waals surface area contributed by atoms with Crippen LogP contribution in [0, 0.1) is 0 Å². The zero-order valence-corrected chi connectivity index (χ0v) is 10.7. The molecule has 1 aromatic heterocycles. The van der Waals surface area contributed by atoms with E-state index in [4.69, 9.17) is 0 Å². The number of aromatic nitrogens is 1. The first-order valence-electron chi connectivity index (χ1n) is 6.27. The summed E-state index contributed by atoms with van der Waals surface area (Å²) in [6, 6.07) is 1.61. The number of nitrogens with zero attached hydrogens (tertiary/aromatic N) is 2. The summed E-state index contributed by atoms with van der Waals surface area (Å²) in [5.74, 6) is 0.0956. The summed E-state index contributed by atoms with van der Waals surface area (Å²) in [6.07, 6.45) is 2.84. The highest BCUT2D eigenvalue weighted by Crippen LogP contribution is 2.07. The lowest BCUT2D eigenvalue weighted by molar-refractivity contribution is 0.0942. The van der Waals surface area contributed by atoms with Crippen LogP contribution in [0.3, 0.4) is 0 Å². The SMILES string of the molecule is CN1CCN(CCC(=O)c2c[nH]c(C=O)c2)CC1. The molecule has 18 heavy (non-hydrogen) atoms. The second-order valence-electron chi connectivity index (χ2n) is 4.78.